The van der Waals surface area contributed by atoms with Crippen molar-refractivity contribution in [1.82, 2.24) is 15.0 Å². The second kappa shape index (κ2) is 6.94. The van der Waals surface area contributed by atoms with Gasteiger partial charge < -0.3 is 5.32 Å². The van der Waals surface area contributed by atoms with Crippen LogP contribution in [0.2, 0.25) is 5.02 Å². The third-order valence-electron chi connectivity index (χ3n) is 3.59. The number of rotatable bonds is 3. The van der Waals surface area contributed by atoms with Crippen LogP contribution in [-0.2, 0) is 0 Å². The van der Waals surface area contributed by atoms with E-state index in [2.05, 4.69) is 20.3 Å². The van der Waals surface area contributed by atoms with Crippen molar-refractivity contribution in [3.63, 3.8) is 0 Å². The van der Waals surface area contributed by atoms with Crippen LogP contribution in [0.1, 0.15) is 21.9 Å². The van der Waals surface area contributed by atoms with Gasteiger partial charge in [-0.15, -0.1) is 0 Å². The number of aryl methyl sites for hydroxylation is 2. The molecule has 0 radical (unpaired) electrons. The van der Waals surface area contributed by atoms with E-state index >= 15 is 0 Å². The lowest BCUT2D eigenvalue weighted by Gasteiger charge is -2.09. The average Bonchev–Trinajstić information content (AvgIpc) is 2.60. The zero-order chi connectivity index (χ0) is 18.0. The normalized spacial score (nSPS) is 10.6. The fourth-order valence-electron chi connectivity index (χ4n) is 2.30. The van der Waals surface area contributed by atoms with Gasteiger partial charge in [0.25, 0.3) is 5.91 Å². The highest BCUT2D eigenvalue weighted by Gasteiger charge is 2.12. The Balaban J connectivity index is 1.87. The summed E-state index contributed by atoms with van der Waals surface area (Å²) in [6, 6.07) is 9.37. The summed E-state index contributed by atoms with van der Waals surface area (Å²) in [4.78, 5) is 24.9. The fourth-order valence-corrected chi connectivity index (χ4v) is 2.48. The predicted molar refractivity (Wildman–Crippen MR) is 94.1 cm³/mol. The summed E-state index contributed by atoms with van der Waals surface area (Å²) in [5.41, 5.74) is 3.45. The zero-order valence-electron chi connectivity index (χ0n) is 13.5. The molecule has 0 aliphatic heterocycles. The van der Waals surface area contributed by atoms with E-state index in [1.54, 1.807) is 12.1 Å². The van der Waals surface area contributed by atoms with Crippen molar-refractivity contribution in [3.8, 4) is 11.3 Å². The van der Waals surface area contributed by atoms with Gasteiger partial charge in [-0.2, -0.15) is 0 Å². The first kappa shape index (κ1) is 17.0. The number of pyridine rings is 1. The summed E-state index contributed by atoms with van der Waals surface area (Å²) >= 11 is 5.80. The van der Waals surface area contributed by atoms with Crippen LogP contribution in [0.25, 0.3) is 11.3 Å². The molecule has 25 heavy (non-hydrogen) atoms. The highest BCUT2D eigenvalue weighted by Crippen LogP contribution is 2.24. The van der Waals surface area contributed by atoms with Crippen LogP contribution in [0.3, 0.4) is 0 Å². The van der Waals surface area contributed by atoms with Gasteiger partial charge in [-0.3, -0.25) is 9.78 Å². The van der Waals surface area contributed by atoms with Gasteiger partial charge in [0.15, 0.2) is 0 Å². The Bertz CT molecular complexity index is 962. The first-order chi connectivity index (χ1) is 11.9. The Labute approximate surface area is 148 Å². The molecule has 0 aliphatic rings. The summed E-state index contributed by atoms with van der Waals surface area (Å²) in [5.74, 6) is -0.898. The second-order valence-electron chi connectivity index (χ2n) is 5.46. The third kappa shape index (κ3) is 3.80. The van der Waals surface area contributed by atoms with E-state index in [-0.39, 0.29) is 16.6 Å². The van der Waals surface area contributed by atoms with Gasteiger partial charge in [0.1, 0.15) is 17.8 Å². The smallest absolute Gasteiger partial charge is 0.274 e. The van der Waals surface area contributed by atoms with Crippen LogP contribution in [0.5, 0.6) is 0 Å². The van der Waals surface area contributed by atoms with Crippen LogP contribution < -0.4 is 5.32 Å². The van der Waals surface area contributed by atoms with Crippen LogP contribution in [-0.4, -0.2) is 20.9 Å². The van der Waals surface area contributed by atoms with Gasteiger partial charge in [-0.25, -0.2) is 14.4 Å². The van der Waals surface area contributed by atoms with Crippen molar-refractivity contribution >= 4 is 23.2 Å². The number of hydrogen-bond acceptors (Lipinski definition) is 4. The molecule has 0 spiro atoms. The molecule has 1 amide bonds. The maximum absolute atomic E-state index is 13.3. The molecule has 2 aromatic heterocycles. The van der Waals surface area contributed by atoms with Crippen molar-refractivity contribution in [3.05, 3.63) is 70.6 Å². The lowest BCUT2D eigenvalue weighted by molar-refractivity contribution is 0.102. The van der Waals surface area contributed by atoms with E-state index in [1.807, 2.05) is 19.9 Å². The van der Waals surface area contributed by atoms with E-state index in [0.29, 0.717) is 22.6 Å². The highest BCUT2D eigenvalue weighted by atomic mass is 35.5. The van der Waals surface area contributed by atoms with Crippen molar-refractivity contribution in [2.75, 3.05) is 5.32 Å². The number of benzene rings is 1. The van der Waals surface area contributed by atoms with E-state index in [0.717, 1.165) is 5.69 Å². The van der Waals surface area contributed by atoms with Gasteiger partial charge in [0.2, 0.25) is 0 Å². The Hall–Kier alpha value is -2.86. The van der Waals surface area contributed by atoms with Crippen molar-refractivity contribution in [2.45, 2.75) is 13.8 Å². The van der Waals surface area contributed by atoms with Gasteiger partial charge >= 0.3 is 0 Å². The molecule has 126 valence electrons. The molecule has 1 aromatic carbocycles. The Morgan fingerprint density at radius 3 is 2.64 bits per heavy atom. The third-order valence-corrected chi connectivity index (χ3v) is 3.88. The molecule has 7 heteroatoms. The summed E-state index contributed by atoms with van der Waals surface area (Å²) in [7, 11) is 0. The summed E-state index contributed by atoms with van der Waals surface area (Å²) in [6.45, 7) is 3.69. The number of carbonyl (C=O) groups excluding carboxylic acids is 1. The number of aromatic nitrogens is 3. The molecule has 0 saturated carbocycles. The van der Waals surface area contributed by atoms with Crippen LogP contribution in [0, 0.1) is 19.7 Å². The van der Waals surface area contributed by atoms with Gasteiger partial charge in [-0.05, 0) is 50.2 Å². The molecule has 2 heterocycles. The molecule has 5 nitrogen and oxygen atoms in total. The Kier molecular flexibility index (Phi) is 4.72. The molecule has 0 bridgehead atoms. The second-order valence-corrected chi connectivity index (χ2v) is 5.86. The minimum atomic E-state index is -0.514. The molecule has 0 aliphatic carbocycles. The van der Waals surface area contributed by atoms with Gasteiger partial charge in [0.05, 0.1) is 22.1 Å². The van der Waals surface area contributed by atoms with Gasteiger partial charge in [0, 0.05) is 11.3 Å². The van der Waals surface area contributed by atoms with Crippen molar-refractivity contribution in [2.24, 2.45) is 0 Å². The van der Waals surface area contributed by atoms with Crippen molar-refractivity contribution in [1.29, 1.82) is 0 Å². The number of carbonyl (C=O) groups is 1. The molecule has 3 aromatic rings. The van der Waals surface area contributed by atoms with Crippen LogP contribution >= 0.6 is 11.6 Å². The molecule has 0 saturated heterocycles. The SMILES string of the molecule is Cc1ccc(NC(=O)c2cc(-c3ccc(F)c(Cl)c3)ncn2)c(C)n1. The number of halogens is 2. The lowest BCUT2D eigenvalue weighted by atomic mass is 10.1. The first-order valence-corrected chi connectivity index (χ1v) is 7.85. The van der Waals surface area contributed by atoms with Crippen molar-refractivity contribution < 1.29 is 9.18 Å². The average molecular weight is 357 g/mol. The molecular formula is C18H14ClFN4O. The molecule has 0 fully saturated rings. The molecule has 3 rings (SSSR count). The lowest BCUT2D eigenvalue weighted by Crippen LogP contribution is -2.15. The fraction of sp³-hybridized carbons (Fsp3) is 0.111. The Morgan fingerprint density at radius 2 is 1.92 bits per heavy atom. The number of amides is 1. The predicted octanol–water partition coefficient (Wildman–Crippen LogP) is 4.20. The maximum Gasteiger partial charge on any atom is 0.274 e. The molecule has 1 N–H and O–H groups in total. The molecular weight excluding hydrogens is 343 g/mol. The molecule has 0 unspecified atom stereocenters. The number of anilines is 1. The highest BCUT2D eigenvalue weighted by molar-refractivity contribution is 6.31. The minimum Gasteiger partial charge on any atom is -0.319 e. The standard InChI is InChI=1S/C18H14ClFN4O/c1-10-3-6-15(11(2)23-10)24-18(25)17-8-16(21-9-22-17)12-4-5-14(20)13(19)7-12/h3-9H,1-2H3,(H,24,25). The van der Waals surface area contributed by atoms with Crippen LogP contribution in [0.4, 0.5) is 10.1 Å². The maximum atomic E-state index is 13.3. The monoisotopic (exact) mass is 356 g/mol. The topological polar surface area (TPSA) is 67.8 Å². The number of hydrogen-bond donors (Lipinski definition) is 1. The zero-order valence-corrected chi connectivity index (χ0v) is 14.3. The van der Waals surface area contributed by atoms with E-state index in [4.69, 9.17) is 11.6 Å². The summed E-state index contributed by atoms with van der Waals surface area (Å²) in [6.07, 6.45) is 1.28. The molecule has 0 atom stereocenters. The summed E-state index contributed by atoms with van der Waals surface area (Å²) < 4.78 is 13.3. The first-order valence-electron chi connectivity index (χ1n) is 7.47. The largest absolute Gasteiger partial charge is 0.319 e. The van der Waals surface area contributed by atoms with E-state index < -0.39 is 5.82 Å². The number of nitrogens with zero attached hydrogens (tertiary/aromatic N) is 3. The number of nitrogens with one attached hydrogen (secondary N) is 1. The van der Waals surface area contributed by atoms with E-state index in [9.17, 15) is 9.18 Å². The Morgan fingerprint density at radius 1 is 1.12 bits per heavy atom. The summed E-state index contributed by atoms with van der Waals surface area (Å²) in [5, 5.41) is 2.76. The van der Waals surface area contributed by atoms with Crippen LogP contribution in [0.15, 0.2) is 42.7 Å². The van der Waals surface area contributed by atoms with Gasteiger partial charge in [-0.1, -0.05) is 11.6 Å². The minimum absolute atomic E-state index is 0.0107. The quantitative estimate of drug-likeness (QED) is 0.763. The van der Waals surface area contributed by atoms with E-state index in [1.165, 1.54) is 24.5 Å².